The van der Waals surface area contributed by atoms with E-state index in [1.54, 1.807) is 11.3 Å². The van der Waals surface area contributed by atoms with Gasteiger partial charge in [-0.25, -0.2) is 13.4 Å². The van der Waals surface area contributed by atoms with Crippen LogP contribution >= 0.6 is 22.9 Å². The van der Waals surface area contributed by atoms with E-state index >= 15 is 0 Å². The maximum Gasteiger partial charge on any atom is 0.244 e. The van der Waals surface area contributed by atoms with Gasteiger partial charge >= 0.3 is 0 Å². The van der Waals surface area contributed by atoms with Gasteiger partial charge in [0.05, 0.1) is 0 Å². The molecule has 0 saturated carbocycles. The van der Waals surface area contributed by atoms with E-state index in [-0.39, 0.29) is 10.0 Å². The summed E-state index contributed by atoms with van der Waals surface area (Å²) in [7, 11) is -3.48. The highest BCUT2D eigenvalue weighted by atomic mass is 35.5. The molecule has 0 saturated heterocycles. The lowest BCUT2D eigenvalue weighted by Crippen LogP contribution is -2.35. The van der Waals surface area contributed by atoms with Crippen LogP contribution in [0, 0.1) is 0 Å². The van der Waals surface area contributed by atoms with Gasteiger partial charge in [0.15, 0.2) is 0 Å². The molecule has 1 aliphatic rings. The van der Waals surface area contributed by atoms with Crippen molar-refractivity contribution in [3.05, 3.63) is 45.4 Å². The molecule has 100 valence electrons. The van der Waals surface area contributed by atoms with Crippen molar-refractivity contribution in [1.29, 1.82) is 0 Å². The largest absolute Gasteiger partial charge is 0.244 e. The summed E-state index contributed by atoms with van der Waals surface area (Å²) in [5.74, 6) is 0. The van der Waals surface area contributed by atoms with Crippen LogP contribution in [0.4, 0.5) is 0 Å². The second-order valence-electron chi connectivity index (χ2n) is 4.27. The molecular formula is C12H11ClN2O2S2. The van der Waals surface area contributed by atoms with Crippen LogP contribution in [-0.4, -0.2) is 24.3 Å². The zero-order valence-corrected chi connectivity index (χ0v) is 12.3. The zero-order chi connectivity index (χ0) is 13.5. The molecule has 0 spiro atoms. The Hall–Kier alpha value is -0.950. The minimum absolute atomic E-state index is 0.190. The number of thiophene rings is 1. The number of fused-ring (bicyclic) bond motifs is 1. The van der Waals surface area contributed by atoms with Crippen molar-refractivity contribution in [1.82, 2.24) is 9.29 Å². The molecule has 0 aromatic carbocycles. The summed E-state index contributed by atoms with van der Waals surface area (Å²) in [4.78, 5) is 5.30. The SMILES string of the molecule is O=S(=O)(c1ccc(Cl)nc1)N1CCc2sccc2C1. The highest BCUT2D eigenvalue weighted by molar-refractivity contribution is 7.89. The van der Waals surface area contributed by atoms with E-state index in [0.29, 0.717) is 13.1 Å². The number of sulfonamides is 1. The topological polar surface area (TPSA) is 50.3 Å². The molecule has 0 unspecified atom stereocenters. The number of hydrogen-bond donors (Lipinski definition) is 0. The Morgan fingerprint density at radius 3 is 2.89 bits per heavy atom. The van der Waals surface area contributed by atoms with Gasteiger partial charge in [-0.15, -0.1) is 11.3 Å². The lowest BCUT2D eigenvalue weighted by Gasteiger charge is -2.26. The van der Waals surface area contributed by atoms with Crippen LogP contribution in [0.2, 0.25) is 5.15 Å². The Bertz CT molecular complexity index is 695. The minimum Gasteiger partial charge on any atom is -0.243 e. The van der Waals surface area contributed by atoms with E-state index in [9.17, 15) is 8.42 Å². The molecule has 19 heavy (non-hydrogen) atoms. The van der Waals surface area contributed by atoms with Crippen LogP contribution in [0.15, 0.2) is 34.7 Å². The molecule has 7 heteroatoms. The van der Waals surface area contributed by atoms with E-state index in [0.717, 1.165) is 12.0 Å². The number of aromatic nitrogens is 1. The second kappa shape index (κ2) is 4.86. The van der Waals surface area contributed by atoms with Crippen molar-refractivity contribution in [2.75, 3.05) is 6.54 Å². The normalized spacial score (nSPS) is 16.3. The third kappa shape index (κ3) is 2.41. The average Bonchev–Trinajstić information content (AvgIpc) is 2.86. The Morgan fingerprint density at radius 2 is 2.16 bits per heavy atom. The number of pyridine rings is 1. The quantitative estimate of drug-likeness (QED) is 0.800. The standard InChI is InChI=1S/C12H11ClN2O2S2/c13-12-2-1-10(7-14-12)19(16,17)15-5-3-11-9(8-15)4-6-18-11/h1-2,4,6-7H,3,5,8H2. The smallest absolute Gasteiger partial charge is 0.243 e. The molecule has 0 atom stereocenters. The van der Waals surface area contributed by atoms with E-state index in [1.807, 2.05) is 11.4 Å². The summed E-state index contributed by atoms with van der Waals surface area (Å²) in [6, 6.07) is 4.98. The summed E-state index contributed by atoms with van der Waals surface area (Å²) in [5, 5.41) is 2.29. The molecule has 2 aromatic rings. The van der Waals surface area contributed by atoms with Crippen LogP contribution < -0.4 is 0 Å². The van der Waals surface area contributed by atoms with Crippen molar-refractivity contribution in [3.8, 4) is 0 Å². The lowest BCUT2D eigenvalue weighted by molar-refractivity contribution is 0.394. The van der Waals surface area contributed by atoms with Gasteiger partial charge in [-0.3, -0.25) is 0 Å². The molecule has 4 nitrogen and oxygen atoms in total. The van der Waals surface area contributed by atoms with Gasteiger partial charge in [0.25, 0.3) is 0 Å². The van der Waals surface area contributed by atoms with Crippen molar-refractivity contribution in [2.24, 2.45) is 0 Å². The Morgan fingerprint density at radius 1 is 1.32 bits per heavy atom. The fraction of sp³-hybridized carbons (Fsp3) is 0.250. The van der Waals surface area contributed by atoms with Gasteiger partial charge < -0.3 is 0 Å². The first kappa shape index (κ1) is 13.1. The first-order valence-electron chi connectivity index (χ1n) is 5.74. The molecule has 0 radical (unpaired) electrons. The molecule has 0 amide bonds. The van der Waals surface area contributed by atoms with Gasteiger partial charge in [0, 0.05) is 24.2 Å². The summed E-state index contributed by atoms with van der Waals surface area (Å²) in [5.41, 5.74) is 1.10. The molecule has 3 rings (SSSR count). The van der Waals surface area contributed by atoms with Gasteiger partial charge in [-0.1, -0.05) is 11.6 Å². The maximum atomic E-state index is 12.5. The Balaban J connectivity index is 1.92. The van der Waals surface area contributed by atoms with Crippen molar-refractivity contribution in [3.63, 3.8) is 0 Å². The predicted molar refractivity (Wildman–Crippen MR) is 74.9 cm³/mol. The third-order valence-corrected chi connectivity index (χ3v) is 6.19. The van der Waals surface area contributed by atoms with Crippen LogP contribution in [0.5, 0.6) is 0 Å². The van der Waals surface area contributed by atoms with Crippen LogP contribution in [-0.2, 0) is 23.0 Å². The fourth-order valence-electron chi connectivity index (χ4n) is 2.09. The van der Waals surface area contributed by atoms with E-state index in [1.165, 1.54) is 27.5 Å². The van der Waals surface area contributed by atoms with Crippen molar-refractivity contribution in [2.45, 2.75) is 17.9 Å². The van der Waals surface area contributed by atoms with E-state index < -0.39 is 10.0 Å². The first-order chi connectivity index (χ1) is 9.07. The van der Waals surface area contributed by atoms with Crippen LogP contribution in [0.3, 0.4) is 0 Å². The second-order valence-corrected chi connectivity index (χ2v) is 7.60. The summed E-state index contributed by atoms with van der Waals surface area (Å²) in [6.45, 7) is 0.947. The molecule has 3 heterocycles. The zero-order valence-electron chi connectivity index (χ0n) is 9.91. The molecule has 1 aliphatic heterocycles. The van der Waals surface area contributed by atoms with Crippen molar-refractivity contribution < 1.29 is 8.42 Å². The average molecular weight is 315 g/mol. The van der Waals surface area contributed by atoms with E-state index in [4.69, 9.17) is 11.6 Å². The highest BCUT2D eigenvalue weighted by Crippen LogP contribution is 2.28. The fourth-order valence-corrected chi connectivity index (χ4v) is 4.46. The van der Waals surface area contributed by atoms with Crippen LogP contribution in [0.1, 0.15) is 10.4 Å². The number of hydrogen-bond acceptors (Lipinski definition) is 4. The summed E-state index contributed by atoms with van der Waals surface area (Å²) < 4.78 is 26.4. The lowest BCUT2D eigenvalue weighted by atomic mass is 10.1. The monoisotopic (exact) mass is 314 g/mol. The first-order valence-corrected chi connectivity index (χ1v) is 8.44. The summed E-state index contributed by atoms with van der Waals surface area (Å²) >= 11 is 7.37. The Labute approximate surface area is 120 Å². The number of rotatable bonds is 2. The maximum absolute atomic E-state index is 12.5. The van der Waals surface area contributed by atoms with Crippen molar-refractivity contribution >= 4 is 33.0 Å². The van der Waals surface area contributed by atoms with Gasteiger partial charge in [0.2, 0.25) is 10.0 Å². The number of nitrogens with zero attached hydrogens (tertiary/aromatic N) is 2. The van der Waals surface area contributed by atoms with Gasteiger partial charge in [-0.2, -0.15) is 4.31 Å². The molecule has 0 bridgehead atoms. The van der Waals surface area contributed by atoms with E-state index in [2.05, 4.69) is 4.98 Å². The van der Waals surface area contributed by atoms with Crippen LogP contribution in [0.25, 0.3) is 0 Å². The molecular weight excluding hydrogens is 304 g/mol. The van der Waals surface area contributed by atoms with Gasteiger partial charge in [-0.05, 0) is 35.6 Å². The van der Waals surface area contributed by atoms with Gasteiger partial charge in [0.1, 0.15) is 10.0 Å². The summed E-state index contributed by atoms with van der Waals surface area (Å²) in [6.07, 6.45) is 2.08. The predicted octanol–water partition coefficient (Wildman–Crippen LogP) is 2.54. The molecule has 0 N–H and O–H groups in total. The highest BCUT2D eigenvalue weighted by Gasteiger charge is 2.28. The minimum atomic E-state index is -3.48. The number of halogens is 1. The Kier molecular flexibility index (Phi) is 3.34. The molecule has 0 fully saturated rings. The third-order valence-electron chi connectivity index (χ3n) is 3.11. The molecule has 2 aromatic heterocycles. The molecule has 0 aliphatic carbocycles.